The molecule has 0 bridgehead atoms. The molecule has 2 nitrogen and oxygen atoms in total. The molecule has 1 aliphatic rings. The van der Waals surface area contributed by atoms with Gasteiger partial charge in [0.25, 0.3) is 0 Å². The average Bonchev–Trinajstić information content (AvgIpc) is 2.43. The number of nitrogens with one attached hydrogen (secondary N) is 1. The minimum Gasteiger partial charge on any atom is -0.310 e. The molecular formula is C17H27BrN2S. The van der Waals surface area contributed by atoms with Crippen LogP contribution in [0.2, 0.25) is 0 Å². The summed E-state index contributed by atoms with van der Waals surface area (Å²) >= 11 is 5.82. The molecule has 3 atom stereocenters. The van der Waals surface area contributed by atoms with Gasteiger partial charge in [0, 0.05) is 40.6 Å². The van der Waals surface area contributed by atoms with Crippen LogP contribution in [-0.2, 0) is 0 Å². The Bertz CT molecular complexity index is 431. The zero-order valence-electron chi connectivity index (χ0n) is 13.3. The highest BCUT2D eigenvalue weighted by molar-refractivity contribution is 9.10. The highest BCUT2D eigenvalue weighted by atomic mass is 79.9. The van der Waals surface area contributed by atoms with Crippen LogP contribution in [0.25, 0.3) is 0 Å². The molecule has 1 aromatic carbocycles. The Hall–Kier alpha value is -0.0300. The zero-order chi connectivity index (χ0) is 15.2. The van der Waals surface area contributed by atoms with Crippen molar-refractivity contribution in [3.63, 3.8) is 0 Å². The van der Waals surface area contributed by atoms with E-state index in [1.807, 2.05) is 0 Å². The van der Waals surface area contributed by atoms with Gasteiger partial charge >= 0.3 is 0 Å². The minimum atomic E-state index is 0.436. The van der Waals surface area contributed by atoms with Crippen molar-refractivity contribution < 1.29 is 0 Å². The normalized spacial score (nSPS) is 25.0. The molecule has 0 amide bonds. The molecule has 1 aliphatic heterocycles. The highest BCUT2D eigenvalue weighted by Crippen LogP contribution is 2.28. The van der Waals surface area contributed by atoms with E-state index in [-0.39, 0.29) is 0 Å². The lowest BCUT2D eigenvalue weighted by atomic mass is 10.0. The van der Waals surface area contributed by atoms with E-state index in [1.54, 1.807) is 0 Å². The van der Waals surface area contributed by atoms with E-state index in [4.69, 9.17) is 0 Å². The van der Waals surface area contributed by atoms with Gasteiger partial charge in [-0.1, -0.05) is 54.9 Å². The van der Waals surface area contributed by atoms with Crippen molar-refractivity contribution in [3.05, 3.63) is 34.3 Å². The van der Waals surface area contributed by atoms with Gasteiger partial charge in [-0.15, -0.1) is 0 Å². The first-order chi connectivity index (χ1) is 10.1. The maximum atomic E-state index is 3.70. The fraction of sp³-hybridized carbons (Fsp3) is 0.647. The second-order valence-corrected chi connectivity index (χ2v) is 8.67. The van der Waals surface area contributed by atoms with Gasteiger partial charge in [0.05, 0.1) is 0 Å². The number of nitrogens with zero attached hydrogens (tertiary/aromatic N) is 1. The zero-order valence-corrected chi connectivity index (χ0v) is 15.7. The van der Waals surface area contributed by atoms with Crippen LogP contribution in [0.5, 0.6) is 0 Å². The molecule has 0 radical (unpaired) electrons. The molecule has 2 rings (SSSR count). The Kier molecular flexibility index (Phi) is 7.06. The molecule has 0 spiro atoms. The van der Waals surface area contributed by atoms with Crippen molar-refractivity contribution >= 4 is 27.7 Å². The lowest BCUT2D eigenvalue weighted by Gasteiger charge is -2.35. The Balaban J connectivity index is 1.96. The summed E-state index contributed by atoms with van der Waals surface area (Å²) in [5, 5.41) is 5.16. The molecule has 1 saturated heterocycles. The smallest absolute Gasteiger partial charge is 0.0343 e. The number of halogens is 1. The van der Waals surface area contributed by atoms with Gasteiger partial charge in [-0.2, -0.15) is 11.8 Å². The quantitative estimate of drug-likeness (QED) is 0.802. The van der Waals surface area contributed by atoms with E-state index >= 15 is 0 Å². The molecule has 1 N–H and O–H groups in total. The number of hydrogen-bond donors (Lipinski definition) is 1. The van der Waals surface area contributed by atoms with Crippen LogP contribution in [0.4, 0.5) is 0 Å². The first-order valence-electron chi connectivity index (χ1n) is 7.95. The predicted octanol–water partition coefficient (Wildman–Crippen LogP) is 4.32. The Morgan fingerprint density at radius 3 is 2.57 bits per heavy atom. The molecular weight excluding hydrogens is 344 g/mol. The molecule has 1 heterocycles. The van der Waals surface area contributed by atoms with Crippen molar-refractivity contribution in [2.24, 2.45) is 0 Å². The first-order valence-corrected chi connectivity index (χ1v) is 9.69. The van der Waals surface area contributed by atoms with Gasteiger partial charge in [-0.25, -0.2) is 0 Å². The minimum absolute atomic E-state index is 0.436. The number of thioether (sulfide) groups is 1. The van der Waals surface area contributed by atoms with Crippen LogP contribution in [-0.4, -0.2) is 41.6 Å². The molecule has 0 aliphatic carbocycles. The standard InChI is InChI=1S/C17H27BrN2S/c1-4-19-17(15-7-5-6-8-16(15)18)9-10-20-11-13(2)21-14(3)12-20/h5-8,13-14,17,19H,4,9-12H2,1-3H3. The molecule has 3 unspecified atom stereocenters. The van der Waals surface area contributed by atoms with Crippen molar-refractivity contribution in [1.29, 1.82) is 0 Å². The lowest BCUT2D eigenvalue weighted by Crippen LogP contribution is -2.41. The number of hydrogen-bond acceptors (Lipinski definition) is 3. The summed E-state index contributed by atoms with van der Waals surface area (Å²) in [5.41, 5.74) is 1.38. The molecule has 0 saturated carbocycles. The third kappa shape index (κ3) is 5.27. The first kappa shape index (κ1) is 17.3. The fourth-order valence-corrected chi connectivity index (χ4v) is 5.10. The fourth-order valence-electron chi connectivity index (χ4n) is 3.15. The van der Waals surface area contributed by atoms with Gasteiger partial charge < -0.3 is 10.2 Å². The van der Waals surface area contributed by atoms with Gasteiger partial charge in [-0.3, -0.25) is 0 Å². The maximum Gasteiger partial charge on any atom is 0.0343 e. The molecule has 21 heavy (non-hydrogen) atoms. The second kappa shape index (κ2) is 8.56. The van der Waals surface area contributed by atoms with Gasteiger partial charge in [0.1, 0.15) is 0 Å². The lowest BCUT2D eigenvalue weighted by molar-refractivity contribution is 0.254. The predicted molar refractivity (Wildman–Crippen MR) is 98.1 cm³/mol. The van der Waals surface area contributed by atoms with E-state index in [2.05, 4.69) is 82.9 Å². The SMILES string of the molecule is CCNC(CCN1CC(C)SC(C)C1)c1ccccc1Br. The summed E-state index contributed by atoms with van der Waals surface area (Å²) in [4.78, 5) is 2.63. The summed E-state index contributed by atoms with van der Waals surface area (Å²) in [6, 6.07) is 9.02. The summed E-state index contributed by atoms with van der Waals surface area (Å²) in [5.74, 6) is 0. The van der Waals surface area contributed by atoms with Crippen molar-refractivity contribution in [1.82, 2.24) is 10.2 Å². The third-order valence-corrected chi connectivity index (χ3v) is 5.91. The molecule has 118 valence electrons. The number of rotatable bonds is 6. The van der Waals surface area contributed by atoms with Crippen LogP contribution in [0.1, 0.15) is 38.8 Å². The number of benzene rings is 1. The van der Waals surface area contributed by atoms with E-state index in [0.29, 0.717) is 6.04 Å². The van der Waals surface area contributed by atoms with Crippen LogP contribution in [0, 0.1) is 0 Å². The Morgan fingerprint density at radius 2 is 1.95 bits per heavy atom. The largest absolute Gasteiger partial charge is 0.310 e. The van der Waals surface area contributed by atoms with Crippen molar-refractivity contribution in [2.45, 2.75) is 43.7 Å². The van der Waals surface area contributed by atoms with Gasteiger partial charge in [0.15, 0.2) is 0 Å². The van der Waals surface area contributed by atoms with Crippen LogP contribution in [0.3, 0.4) is 0 Å². The van der Waals surface area contributed by atoms with Crippen molar-refractivity contribution in [3.8, 4) is 0 Å². The van der Waals surface area contributed by atoms with Crippen LogP contribution in [0.15, 0.2) is 28.7 Å². The maximum absolute atomic E-state index is 3.70. The van der Waals surface area contributed by atoms with E-state index in [1.165, 1.54) is 36.1 Å². The van der Waals surface area contributed by atoms with E-state index in [9.17, 15) is 0 Å². The van der Waals surface area contributed by atoms with Gasteiger partial charge in [-0.05, 0) is 24.6 Å². The van der Waals surface area contributed by atoms with Crippen molar-refractivity contribution in [2.75, 3.05) is 26.2 Å². The van der Waals surface area contributed by atoms with Crippen LogP contribution >= 0.6 is 27.7 Å². The summed E-state index contributed by atoms with van der Waals surface area (Å²) in [7, 11) is 0. The molecule has 4 heteroatoms. The second-order valence-electron chi connectivity index (χ2n) is 5.94. The third-order valence-electron chi connectivity index (χ3n) is 3.96. The van der Waals surface area contributed by atoms with Gasteiger partial charge in [0.2, 0.25) is 0 Å². The molecule has 1 aromatic rings. The highest BCUT2D eigenvalue weighted by Gasteiger charge is 2.23. The summed E-state index contributed by atoms with van der Waals surface area (Å²) < 4.78 is 1.21. The monoisotopic (exact) mass is 370 g/mol. The van der Waals surface area contributed by atoms with Crippen LogP contribution < -0.4 is 5.32 Å². The summed E-state index contributed by atoms with van der Waals surface area (Å²) in [6.07, 6.45) is 1.17. The molecule has 1 fully saturated rings. The van der Waals surface area contributed by atoms with E-state index in [0.717, 1.165) is 17.0 Å². The average molecular weight is 371 g/mol. The summed E-state index contributed by atoms with van der Waals surface area (Å²) in [6.45, 7) is 11.5. The Labute approximate surface area is 142 Å². The van der Waals surface area contributed by atoms with E-state index < -0.39 is 0 Å². The topological polar surface area (TPSA) is 15.3 Å². The Morgan fingerprint density at radius 1 is 1.29 bits per heavy atom. The molecule has 0 aromatic heterocycles.